The first kappa shape index (κ1) is 20.1. The summed E-state index contributed by atoms with van der Waals surface area (Å²) in [5.41, 5.74) is 6.16. The molecular weight excluding hydrogens is 284 g/mol. The van der Waals surface area contributed by atoms with E-state index in [1.807, 2.05) is 30.3 Å². The summed E-state index contributed by atoms with van der Waals surface area (Å²) in [5, 5.41) is 3.35. The molecule has 0 saturated carbocycles. The van der Waals surface area contributed by atoms with Crippen LogP contribution in [-0.2, 0) is 13.3 Å². The van der Waals surface area contributed by atoms with Crippen molar-refractivity contribution in [1.29, 1.82) is 0 Å². The molecule has 0 unspecified atom stereocenters. The van der Waals surface area contributed by atoms with E-state index < -0.39 is 8.80 Å². The molecule has 0 heterocycles. The molecule has 1 aromatic rings. The lowest BCUT2D eigenvalue weighted by Gasteiger charge is -2.24. The first-order valence-electron chi connectivity index (χ1n) is 7.32. The Morgan fingerprint density at radius 1 is 1.05 bits per heavy atom. The summed E-state index contributed by atoms with van der Waals surface area (Å²) in [6, 6.07) is 10.9. The van der Waals surface area contributed by atoms with Gasteiger partial charge in [-0.25, -0.2) is 0 Å². The first-order chi connectivity index (χ1) is 10.2. The number of nitrogens with two attached hydrogens (primary N) is 1. The molecule has 0 aliphatic heterocycles. The molecule has 0 spiro atoms. The molecule has 1 aromatic carbocycles. The van der Waals surface area contributed by atoms with Crippen molar-refractivity contribution >= 4 is 14.5 Å². The highest BCUT2D eigenvalue weighted by atomic mass is 28.4. The monoisotopic (exact) mass is 314 g/mol. The Morgan fingerprint density at radius 2 is 1.57 bits per heavy atom. The fraction of sp³-hybridized carbons (Fsp3) is 0.600. The van der Waals surface area contributed by atoms with Crippen LogP contribution in [0.4, 0.5) is 5.69 Å². The van der Waals surface area contributed by atoms with Crippen LogP contribution in [0.1, 0.15) is 19.8 Å². The van der Waals surface area contributed by atoms with Gasteiger partial charge in [0.1, 0.15) is 0 Å². The van der Waals surface area contributed by atoms with Gasteiger partial charge in [0.25, 0.3) is 0 Å². The van der Waals surface area contributed by atoms with E-state index in [0.717, 1.165) is 37.7 Å². The van der Waals surface area contributed by atoms with E-state index in [-0.39, 0.29) is 0 Å². The zero-order chi connectivity index (χ0) is 16.0. The Morgan fingerprint density at radius 3 is 2.00 bits per heavy atom. The second-order valence-corrected chi connectivity index (χ2v) is 7.57. The summed E-state index contributed by atoms with van der Waals surface area (Å²) in [4.78, 5) is 0. The number of benzene rings is 1. The number of rotatable bonds is 9. The molecule has 0 aromatic heterocycles. The molecule has 0 fully saturated rings. The average Bonchev–Trinajstić information content (AvgIpc) is 2.57. The molecule has 3 N–H and O–H groups in total. The molecule has 1 rings (SSSR count). The number of hydrogen-bond donors (Lipinski definition) is 2. The second kappa shape index (κ2) is 12.8. The van der Waals surface area contributed by atoms with Crippen molar-refractivity contribution in [2.75, 3.05) is 39.7 Å². The number of anilines is 1. The van der Waals surface area contributed by atoms with Gasteiger partial charge in [-0.1, -0.05) is 25.1 Å². The van der Waals surface area contributed by atoms with Crippen molar-refractivity contribution in [3.63, 3.8) is 0 Å². The molecule has 6 heteroatoms. The molecule has 0 atom stereocenters. The lowest BCUT2D eigenvalue weighted by Crippen LogP contribution is -2.42. The zero-order valence-corrected chi connectivity index (χ0v) is 14.7. The van der Waals surface area contributed by atoms with Crippen molar-refractivity contribution in [3.8, 4) is 0 Å². The van der Waals surface area contributed by atoms with Crippen LogP contribution in [0.15, 0.2) is 30.3 Å². The van der Waals surface area contributed by atoms with E-state index in [2.05, 4.69) is 12.2 Å². The van der Waals surface area contributed by atoms with Gasteiger partial charge >= 0.3 is 8.80 Å². The third-order valence-electron chi connectivity index (χ3n) is 2.98. The summed E-state index contributed by atoms with van der Waals surface area (Å²) in [5.74, 6) is 0. The molecule has 5 nitrogen and oxygen atoms in total. The van der Waals surface area contributed by atoms with Crippen molar-refractivity contribution in [2.24, 2.45) is 5.73 Å². The van der Waals surface area contributed by atoms with Gasteiger partial charge in [0.2, 0.25) is 0 Å². The second-order valence-electron chi connectivity index (χ2n) is 4.48. The molecule has 122 valence electrons. The maximum atomic E-state index is 5.36. The van der Waals surface area contributed by atoms with Crippen LogP contribution >= 0.6 is 0 Å². The topological polar surface area (TPSA) is 65.7 Å². The van der Waals surface area contributed by atoms with Gasteiger partial charge in [-0.3, -0.25) is 0 Å². The Hall–Kier alpha value is -0.923. The summed E-state index contributed by atoms with van der Waals surface area (Å²) < 4.78 is 16.1. The Kier molecular flexibility index (Phi) is 12.2. The van der Waals surface area contributed by atoms with E-state index in [1.165, 1.54) is 0 Å². The third-order valence-corrected chi connectivity index (χ3v) is 5.82. The van der Waals surface area contributed by atoms with Crippen molar-refractivity contribution in [2.45, 2.75) is 25.8 Å². The van der Waals surface area contributed by atoms with E-state index in [4.69, 9.17) is 19.0 Å². The van der Waals surface area contributed by atoms with Crippen LogP contribution in [0.5, 0.6) is 0 Å². The van der Waals surface area contributed by atoms with E-state index in [1.54, 1.807) is 21.3 Å². The molecule has 0 radical (unpaired) electrons. The standard InChI is InChI=1S/C12H21NO3Si.C3H9N/c1-14-17(15-2,16-3)11-7-10-13-12-8-5-4-6-9-12;1-2-3-4/h4-6,8-9,13H,7,10-11H2,1-3H3;2-4H2,1H3. The maximum absolute atomic E-state index is 5.36. The predicted molar refractivity (Wildman–Crippen MR) is 90.5 cm³/mol. The summed E-state index contributed by atoms with van der Waals surface area (Å²) in [6.07, 6.45) is 2.05. The Labute approximate surface area is 130 Å². The molecular formula is C15H30N2O3Si. The average molecular weight is 315 g/mol. The van der Waals surface area contributed by atoms with E-state index in [0.29, 0.717) is 0 Å². The van der Waals surface area contributed by atoms with Gasteiger partial charge in [0.15, 0.2) is 0 Å². The minimum Gasteiger partial charge on any atom is -0.385 e. The van der Waals surface area contributed by atoms with Crippen LogP contribution in [-0.4, -0.2) is 43.2 Å². The molecule has 0 aliphatic rings. The van der Waals surface area contributed by atoms with Gasteiger partial charge in [-0.2, -0.15) is 0 Å². The first-order valence-corrected chi connectivity index (χ1v) is 9.25. The van der Waals surface area contributed by atoms with E-state index >= 15 is 0 Å². The minimum atomic E-state index is -2.40. The van der Waals surface area contributed by atoms with Gasteiger partial charge in [-0.15, -0.1) is 0 Å². The molecule has 0 amide bonds. The van der Waals surface area contributed by atoms with Crippen molar-refractivity contribution in [3.05, 3.63) is 30.3 Å². The lowest BCUT2D eigenvalue weighted by molar-refractivity contribution is 0.123. The maximum Gasteiger partial charge on any atom is 0.500 e. The van der Waals surface area contributed by atoms with Gasteiger partial charge in [0, 0.05) is 39.6 Å². The summed E-state index contributed by atoms with van der Waals surface area (Å²) in [7, 11) is 2.53. The zero-order valence-electron chi connectivity index (χ0n) is 13.7. The highest BCUT2D eigenvalue weighted by Crippen LogP contribution is 2.15. The molecule has 0 aliphatic carbocycles. The number of para-hydroxylation sites is 1. The smallest absolute Gasteiger partial charge is 0.385 e. The largest absolute Gasteiger partial charge is 0.500 e. The van der Waals surface area contributed by atoms with E-state index in [9.17, 15) is 0 Å². The fourth-order valence-electron chi connectivity index (χ4n) is 1.65. The highest BCUT2D eigenvalue weighted by Gasteiger charge is 2.36. The van der Waals surface area contributed by atoms with Gasteiger partial charge < -0.3 is 24.3 Å². The van der Waals surface area contributed by atoms with Crippen LogP contribution < -0.4 is 11.1 Å². The SMILES string of the molecule is CCCN.CO[Si](CCCNc1ccccc1)(OC)OC. The minimum absolute atomic E-state index is 0.816. The Balaban J connectivity index is 0.000000885. The van der Waals surface area contributed by atoms with Crippen molar-refractivity contribution < 1.29 is 13.3 Å². The molecule has 21 heavy (non-hydrogen) atoms. The van der Waals surface area contributed by atoms with Crippen molar-refractivity contribution in [1.82, 2.24) is 0 Å². The predicted octanol–water partition coefficient (Wildman–Crippen LogP) is 2.72. The van der Waals surface area contributed by atoms with Crippen LogP contribution in [0, 0.1) is 0 Å². The van der Waals surface area contributed by atoms with Crippen LogP contribution in [0.2, 0.25) is 6.04 Å². The lowest BCUT2D eigenvalue weighted by atomic mass is 10.3. The Bertz CT molecular complexity index is 325. The molecule has 0 bridgehead atoms. The number of nitrogens with one attached hydrogen (secondary N) is 1. The number of hydrogen-bond acceptors (Lipinski definition) is 5. The summed E-state index contributed by atoms with van der Waals surface area (Å²) >= 11 is 0. The van der Waals surface area contributed by atoms with Crippen LogP contribution in [0.25, 0.3) is 0 Å². The quantitative estimate of drug-likeness (QED) is 0.542. The summed E-state index contributed by atoms with van der Waals surface area (Å²) in [6.45, 7) is 3.76. The van der Waals surface area contributed by atoms with Crippen LogP contribution in [0.3, 0.4) is 0 Å². The fourth-order valence-corrected chi connectivity index (χ4v) is 3.37. The third kappa shape index (κ3) is 8.85. The van der Waals surface area contributed by atoms with Gasteiger partial charge in [-0.05, 0) is 31.5 Å². The molecule has 0 saturated heterocycles. The highest BCUT2D eigenvalue weighted by molar-refractivity contribution is 6.60. The van der Waals surface area contributed by atoms with Gasteiger partial charge in [0.05, 0.1) is 0 Å². The normalized spacial score (nSPS) is 10.7.